The van der Waals surface area contributed by atoms with Crippen LogP contribution in [0.3, 0.4) is 0 Å². The van der Waals surface area contributed by atoms with E-state index in [2.05, 4.69) is 15.9 Å². The van der Waals surface area contributed by atoms with Gasteiger partial charge in [-0.15, -0.1) is 11.6 Å². The maximum atomic E-state index is 11.8. The maximum Gasteiger partial charge on any atom is 0.336 e. The smallest absolute Gasteiger partial charge is 0.336 e. The zero-order chi connectivity index (χ0) is 14.0. The summed E-state index contributed by atoms with van der Waals surface area (Å²) in [6, 6.07) is 5.88. The summed E-state index contributed by atoms with van der Waals surface area (Å²) in [4.78, 5) is 35.0. The molecule has 0 aliphatic carbocycles. The van der Waals surface area contributed by atoms with E-state index >= 15 is 0 Å². The molecule has 0 bridgehead atoms. The predicted molar refractivity (Wildman–Crippen MR) is 75.7 cm³/mol. The van der Waals surface area contributed by atoms with Crippen molar-refractivity contribution in [2.75, 3.05) is 11.2 Å². The zero-order valence-electron chi connectivity index (χ0n) is 9.61. The van der Waals surface area contributed by atoms with Crippen LogP contribution in [-0.2, 0) is 0 Å². The van der Waals surface area contributed by atoms with Crippen molar-refractivity contribution < 1.29 is 14.0 Å². The summed E-state index contributed by atoms with van der Waals surface area (Å²) < 4.78 is 5.05. The van der Waals surface area contributed by atoms with Crippen molar-refractivity contribution in [1.82, 2.24) is 0 Å². The van der Waals surface area contributed by atoms with E-state index in [4.69, 9.17) is 16.0 Å². The second kappa shape index (κ2) is 5.67. The molecule has 0 saturated carbocycles. The summed E-state index contributed by atoms with van der Waals surface area (Å²) in [5.41, 5.74) is -0.141. The first-order chi connectivity index (χ1) is 9.08. The Labute approximate surface area is 121 Å². The molecule has 0 fully saturated rings. The Morgan fingerprint density at radius 2 is 1.95 bits per heavy atom. The van der Waals surface area contributed by atoms with Crippen LogP contribution in [-0.4, -0.2) is 22.8 Å². The first-order valence-corrected chi connectivity index (χ1v) is 6.99. The molecule has 0 unspecified atom stereocenters. The molecule has 0 radical (unpaired) electrons. The number of alkyl halides is 2. The van der Waals surface area contributed by atoms with Crippen LogP contribution in [0.2, 0.25) is 0 Å². The highest BCUT2D eigenvalue weighted by atomic mass is 79.9. The average Bonchev–Trinajstić information content (AvgIpc) is 2.44. The van der Waals surface area contributed by atoms with Crippen LogP contribution < -0.4 is 5.63 Å². The van der Waals surface area contributed by atoms with Crippen molar-refractivity contribution in [3.05, 3.63) is 45.8 Å². The van der Waals surface area contributed by atoms with Gasteiger partial charge in [-0.1, -0.05) is 28.1 Å². The molecule has 0 amide bonds. The van der Waals surface area contributed by atoms with E-state index in [-0.39, 0.29) is 39.5 Å². The predicted octanol–water partition coefficient (Wildman–Crippen LogP) is 2.79. The number of Topliss-reactive ketones (excluding diaryl/α,β-unsaturated/α-hetero) is 2. The van der Waals surface area contributed by atoms with Crippen LogP contribution in [0.15, 0.2) is 33.5 Å². The molecule has 4 nitrogen and oxygen atoms in total. The van der Waals surface area contributed by atoms with Crippen molar-refractivity contribution in [3.63, 3.8) is 0 Å². The van der Waals surface area contributed by atoms with Gasteiger partial charge < -0.3 is 4.42 Å². The SMILES string of the molecule is O=C(CBr)c1cc(=O)oc2c(C(=O)CCl)cccc12. The fraction of sp³-hybridized carbons (Fsp3) is 0.154. The van der Waals surface area contributed by atoms with E-state index in [0.717, 1.165) is 6.07 Å². The fourth-order valence-electron chi connectivity index (χ4n) is 1.78. The molecule has 2 rings (SSSR count). The van der Waals surface area contributed by atoms with Crippen molar-refractivity contribution in [2.45, 2.75) is 0 Å². The monoisotopic (exact) mass is 342 g/mol. The Hall–Kier alpha value is -1.46. The average molecular weight is 344 g/mol. The third-order valence-electron chi connectivity index (χ3n) is 2.61. The number of hydrogen-bond donors (Lipinski definition) is 0. The number of halogens is 2. The number of ketones is 2. The van der Waals surface area contributed by atoms with Gasteiger partial charge in [0.2, 0.25) is 0 Å². The van der Waals surface area contributed by atoms with E-state index in [1.807, 2.05) is 0 Å². The summed E-state index contributed by atoms with van der Waals surface area (Å²) >= 11 is 8.57. The summed E-state index contributed by atoms with van der Waals surface area (Å²) in [7, 11) is 0. The van der Waals surface area contributed by atoms with Crippen LogP contribution in [0.4, 0.5) is 0 Å². The molecule has 1 heterocycles. The third kappa shape index (κ3) is 2.62. The van der Waals surface area contributed by atoms with Gasteiger partial charge in [-0.25, -0.2) is 4.79 Å². The van der Waals surface area contributed by atoms with E-state index in [9.17, 15) is 14.4 Å². The second-order valence-electron chi connectivity index (χ2n) is 3.77. The lowest BCUT2D eigenvalue weighted by molar-refractivity contribution is 0.101. The van der Waals surface area contributed by atoms with Crippen LogP contribution >= 0.6 is 27.5 Å². The molecule has 1 aromatic heterocycles. The zero-order valence-corrected chi connectivity index (χ0v) is 12.0. The van der Waals surface area contributed by atoms with Crippen molar-refractivity contribution >= 4 is 50.1 Å². The Kier molecular flexibility index (Phi) is 4.17. The minimum absolute atomic E-state index is 0.0826. The molecule has 2 aromatic rings. The van der Waals surface area contributed by atoms with Crippen molar-refractivity contribution in [2.24, 2.45) is 0 Å². The molecular formula is C13H8BrClO4. The van der Waals surface area contributed by atoms with Gasteiger partial charge in [0, 0.05) is 17.0 Å². The van der Waals surface area contributed by atoms with Gasteiger partial charge in [-0.3, -0.25) is 9.59 Å². The lowest BCUT2D eigenvalue weighted by Gasteiger charge is -2.06. The molecule has 1 aromatic carbocycles. The standard InChI is InChI=1S/C13H8BrClO4/c14-5-10(16)9-4-12(18)19-13-7(9)2-1-3-8(13)11(17)6-15/h1-4H,5-6H2. The van der Waals surface area contributed by atoms with Crippen LogP contribution in [0.25, 0.3) is 11.0 Å². The lowest BCUT2D eigenvalue weighted by atomic mass is 10.0. The number of carbonyl (C=O) groups excluding carboxylic acids is 2. The molecule has 0 saturated heterocycles. The summed E-state index contributed by atoms with van der Waals surface area (Å²) in [6.45, 7) is 0. The normalized spacial score (nSPS) is 10.6. The number of rotatable bonds is 4. The molecule has 0 aliphatic heterocycles. The molecule has 0 atom stereocenters. The second-order valence-corrected chi connectivity index (χ2v) is 4.60. The molecule has 0 spiro atoms. The summed E-state index contributed by atoms with van der Waals surface area (Å²) in [6.07, 6.45) is 0. The highest BCUT2D eigenvalue weighted by Crippen LogP contribution is 2.22. The molecule has 6 heteroatoms. The number of fused-ring (bicyclic) bond motifs is 1. The van der Waals surface area contributed by atoms with Gasteiger partial charge in [-0.05, 0) is 6.07 Å². The van der Waals surface area contributed by atoms with Crippen LogP contribution in [0.5, 0.6) is 0 Å². The van der Waals surface area contributed by atoms with Crippen molar-refractivity contribution in [1.29, 1.82) is 0 Å². The molecule has 0 aliphatic rings. The van der Waals surface area contributed by atoms with Gasteiger partial charge in [-0.2, -0.15) is 0 Å². The topological polar surface area (TPSA) is 64.3 Å². The minimum Gasteiger partial charge on any atom is -0.422 e. The van der Waals surface area contributed by atoms with E-state index in [0.29, 0.717) is 5.39 Å². The Bertz CT molecular complexity index is 720. The fourth-order valence-corrected chi connectivity index (χ4v) is 2.22. The van der Waals surface area contributed by atoms with E-state index in [1.54, 1.807) is 12.1 Å². The van der Waals surface area contributed by atoms with Crippen LogP contribution in [0.1, 0.15) is 20.7 Å². The maximum absolute atomic E-state index is 11.8. The van der Waals surface area contributed by atoms with Gasteiger partial charge in [0.25, 0.3) is 0 Å². The molecule has 98 valence electrons. The molecule has 19 heavy (non-hydrogen) atoms. The third-order valence-corrected chi connectivity index (χ3v) is 3.37. The first kappa shape index (κ1) is 14.0. The van der Waals surface area contributed by atoms with Gasteiger partial charge in [0.15, 0.2) is 11.6 Å². The summed E-state index contributed by atoms with van der Waals surface area (Å²) in [5, 5.41) is 0.513. The lowest BCUT2D eigenvalue weighted by Crippen LogP contribution is -2.10. The van der Waals surface area contributed by atoms with Crippen molar-refractivity contribution in [3.8, 4) is 0 Å². The molecular weight excluding hydrogens is 335 g/mol. The van der Waals surface area contributed by atoms with Gasteiger partial charge in [0.1, 0.15) is 5.58 Å². The highest BCUT2D eigenvalue weighted by Gasteiger charge is 2.17. The molecule has 0 N–H and O–H groups in total. The quantitative estimate of drug-likeness (QED) is 0.486. The van der Waals surface area contributed by atoms with Gasteiger partial charge in [0.05, 0.1) is 16.8 Å². The Morgan fingerprint density at radius 3 is 2.58 bits per heavy atom. The minimum atomic E-state index is -0.674. The summed E-state index contributed by atoms with van der Waals surface area (Å²) in [5.74, 6) is -0.841. The Morgan fingerprint density at radius 1 is 1.21 bits per heavy atom. The number of hydrogen-bond acceptors (Lipinski definition) is 4. The first-order valence-electron chi connectivity index (χ1n) is 5.33. The van der Waals surface area contributed by atoms with Crippen LogP contribution in [0, 0.1) is 0 Å². The largest absolute Gasteiger partial charge is 0.422 e. The van der Waals surface area contributed by atoms with Gasteiger partial charge >= 0.3 is 5.63 Å². The number of benzene rings is 1. The highest BCUT2D eigenvalue weighted by molar-refractivity contribution is 9.09. The van der Waals surface area contributed by atoms with E-state index < -0.39 is 5.63 Å². The van der Waals surface area contributed by atoms with E-state index in [1.165, 1.54) is 6.07 Å². The Balaban J connectivity index is 2.85. The number of carbonyl (C=O) groups is 2. The number of para-hydroxylation sites is 1.